The standard InChI is InChI=1S/C86H153N3O38/c1-57(2)9-8-10-58(3)62-15-16-63-61-14-13-59-45-60(17-19-84(59,4)64(61)18-20-85(62,63)5)124-71(96)47-88-69(94)12-7-6-11-68(93)87-46-70(95)89-86(51-118-54-115-36-33-109-24-21-106-27-30-112-39-42-121-81-78(103)75(100)72(97)65(48-90)125-81,52-119-55-116-37-34-110-25-22-107-28-31-113-40-43-122-82-79(104)76(101)73(98)66(49-91)126-82)53-120-56-117-38-35-111-26-23-108-29-32-114-41-44-123-83-80(105)77(102)74(99)67(50-92)127-83/h13,57-58,60-67,72-83,90-92,97-105H,6-12,14-56H2,1-5H3,(H,87,93)(H,88,94)(H,89,95)/t58-,60?,61+,62-,63+,64+,65-,66-,67-,72-,73+,74+,75+,76+,77+,78-,79-,80-,81-,82-,83-,84+,85-/m1/s1. The van der Waals surface area contributed by atoms with E-state index in [1.54, 1.807) is 0 Å². The van der Waals surface area contributed by atoms with Crippen molar-refractivity contribution < 1.29 is 185 Å². The van der Waals surface area contributed by atoms with Gasteiger partial charge < -0.3 is 181 Å². The Morgan fingerprint density at radius 2 is 0.803 bits per heavy atom. The molecule has 3 amide bonds. The summed E-state index contributed by atoms with van der Waals surface area (Å²) in [6.07, 6.45) is -5.23. The first-order valence-electron chi connectivity index (χ1n) is 45.5. The monoisotopic (exact) mass is 1840 g/mol. The summed E-state index contributed by atoms with van der Waals surface area (Å²) in [6.45, 7) is 11.6. The van der Waals surface area contributed by atoms with Gasteiger partial charge in [0.2, 0.25) is 17.7 Å². The molecule has 4 aliphatic carbocycles. The fraction of sp³-hybridized carbons (Fsp3) is 0.930. The van der Waals surface area contributed by atoms with Crippen molar-refractivity contribution in [3.05, 3.63) is 11.6 Å². The van der Waals surface area contributed by atoms with Crippen LogP contribution in [0, 0.1) is 46.3 Å². The van der Waals surface area contributed by atoms with Crippen molar-refractivity contribution in [1.82, 2.24) is 16.0 Å². The molecule has 3 heterocycles. The van der Waals surface area contributed by atoms with Crippen molar-refractivity contribution in [2.24, 2.45) is 46.3 Å². The molecule has 23 atom stereocenters. The summed E-state index contributed by atoms with van der Waals surface area (Å²) in [6, 6.07) is 0. The fourth-order valence-corrected chi connectivity index (χ4v) is 18.0. The second kappa shape index (κ2) is 61.3. The first kappa shape index (κ1) is 110. The zero-order valence-corrected chi connectivity index (χ0v) is 75.1. The predicted molar refractivity (Wildman–Crippen MR) is 445 cm³/mol. The lowest BCUT2D eigenvalue weighted by Gasteiger charge is -2.58. The van der Waals surface area contributed by atoms with Crippen molar-refractivity contribution in [3.8, 4) is 0 Å². The molecule has 0 spiro atoms. The normalized spacial score (nSPS) is 30.5. The number of aliphatic hydroxyl groups excluding tert-OH is 12. The molecule has 1 unspecified atom stereocenters. The Bertz CT molecular complexity index is 2830. The van der Waals surface area contributed by atoms with Gasteiger partial charge in [0.1, 0.15) is 112 Å². The number of hydrogen-bond acceptors (Lipinski definition) is 38. The summed E-state index contributed by atoms with van der Waals surface area (Å²) >= 11 is 0. The fourth-order valence-electron chi connectivity index (χ4n) is 18.0. The third-order valence-electron chi connectivity index (χ3n) is 25.0. The second-order valence-electron chi connectivity index (χ2n) is 34.6. The summed E-state index contributed by atoms with van der Waals surface area (Å²) in [4.78, 5) is 53.5. The summed E-state index contributed by atoms with van der Waals surface area (Å²) < 4.78 is 123. The zero-order valence-electron chi connectivity index (χ0n) is 75.1. The topological polar surface area (TPSA) is 550 Å². The number of carbonyl (C=O) groups excluding carboxylic acids is 4. The van der Waals surface area contributed by atoms with Crippen LogP contribution in [0.4, 0.5) is 0 Å². The van der Waals surface area contributed by atoms with Crippen LogP contribution >= 0.6 is 0 Å². The number of allylic oxidation sites excluding steroid dienone is 1. The molecule has 41 heteroatoms. The maximum absolute atomic E-state index is 14.0. The number of rotatable bonds is 70. The summed E-state index contributed by atoms with van der Waals surface area (Å²) in [7, 11) is 0. The summed E-state index contributed by atoms with van der Waals surface area (Å²) in [5.41, 5.74) is 0.446. The van der Waals surface area contributed by atoms with Crippen LogP contribution < -0.4 is 16.0 Å². The van der Waals surface area contributed by atoms with Gasteiger partial charge in [-0.15, -0.1) is 0 Å². The van der Waals surface area contributed by atoms with Gasteiger partial charge in [-0.3, -0.25) is 19.2 Å². The number of carbonyl (C=O) groups is 4. The van der Waals surface area contributed by atoms with E-state index >= 15 is 0 Å². The number of unbranched alkanes of at least 4 members (excludes halogenated alkanes) is 1. The van der Waals surface area contributed by atoms with Gasteiger partial charge in [0.25, 0.3) is 0 Å². The number of esters is 1. The van der Waals surface area contributed by atoms with Gasteiger partial charge in [-0.1, -0.05) is 65.5 Å². The summed E-state index contributed by atoms with van der Waals surface area (Å²) in [5.74, 6) is 2.43. The van der Waals surface area contributed by atoms with Crippen LogP contribution in [-0.4, -0.2) is 420 Å². The lowest BCUT2D eigenvalue weighted by atomic mass is 9.47. The maximum Gasteiger partial charge on any atom is 0.325 e. The van der Waals surface area contributed by atoms with Crippen LogP contribution in [0.1, 0.15) is 131 Å². The van der Waals surface area contributed by atoms with Crippen LogP contribution in [0.3, 0.4) is 0 Å². The highest BCUT2D eigenvalue weighted by Gasteiger charge is 2.60. The van der Waals surface area contributed by atoms with Gasteiger partial charge in [-0.05, 0) is 104 Å². The molecule has 6 fully saturated rings. The third-order valence-corrected chi connectivity index (χ3v) is 25.0. The van der Waals surface area contributed by atoms with E-state index in [0.29, 0.717) is 30.1 Å². The third kappa shape index (κ3) is 37.8. The number of nitrogens with one attached hydrogen (secondary N) is 3. The number of fused-ring (bicyclic) bond motifs is 5. The van der Waals surface area contributed by atoms with Crippen LogP contribution in [0.15, 0.2) is 11.6 Å². The zero-order chi connectivity index (χ0) is 91.8. The maximum atomic E-state index is 14.0. The lowest BCUT2D eigenvalue weighted by molar-refractivity contribution is -0.302. The molecule has 3 aliphatic heterocycles. The molecular formula is C86H153N3O38. The van der Waals surface area contributed by atoms with Gasteiger partial charge in [-0.2, -0.15) is 0 Å². The van der Waals surface area contributed by atoms with Crippen molar-refractivity contribution >= 4 is 23.7 Å². The van der Waals surface area contributed by atoms with Gasteiger partial charge in [-0.25, -0.2) is 0 Å². The quantitative estimate of drug-likeness (QED) is 0.0138. The molecule has 0 aromatic carbocycles. The van der Waals surface area contributed by atoms with Gasteiger partial charge in [0, 0.05) is 19.3 Å². The van der Waals surface area contributed by atoms with E-state index in [0.717, 1.165) is 49.4 Å². The molecule has 3 saturated carbocycles. The highest BCUT2D eigenvalue weighted by molar-refractivity contribution is 5.85. The highest BCUT2D eigenvalue weighted by atomic mass is 16.7. The van der Waals surface area contributed by atoms with E-state index in [-0.39, 0.29) is 236 Å². The molecule has 0 aromatic rings. The molecule has 3 saturated heterocycles. The Kier molecular flexibility index (Phi) is 53.3. The van der Waals surface area contributed by atoms with Crippen molar-refractivity contribution in [1.29, 1.82) is 0 Å². The molecule has 0 bridgehead atoms. The van der Waals surface area contributed by atoms with Crippen LogP contribution in [0.5, 0.6) is 0 Å². The molecule has 740 valence electrons. The van der Waals surface area contributed by atoms with E-state index in [1.165, 1.54) is 50.5 Å². The minimum Gasteiger partial charge on any atom is -0.461 e. The molecular weight excluding hydrogens is 1680 g/mol. The Balaban J connectivity index is 0.824. The highest BCUT2D eigenvalue weighted by Crippen LogP contribution is 2.67. The molecule has 0 aromatic heterocycles. The van der Waals surface area contributed by atoms with Crippen molar-refractivity contribution in [2.45, 2.75) is 235 Å². The molecule has 41 nitrogen and oxygen atoms in total. The predicted octanol–water partition coefficient (Wildman–Crippen LogP) is -1.84. The van der Waals surface area contributed by atoms with E-state index in [1.807, 2.05) is 0 Å². The van der Waals surface area contributed by atoms with E-state index in [4.69, 9.17) is 104 Å². The van der Waals surface area contributed by atoms with E-state index in [2.05, 4.69) is 56.6 Å². The largest absolute Gasteiger partial charge is 0.461 e. The number of aliphatic hydroxyl groups is 12. The molecule has 15 N–H and O–H groups in total. The van der Waals surface area contributed by atoms with Gasteiger partial charge in [0.05, 0.1) is 205 Å². The summed E-state index contributed by atoms with van der Waals surface area (Å²) in [5, 5.41) is 127. The Morgan fingerprint density at radius 3 is 1.19 bits per heavy atom. The van der Waals surface area contributed by atoms with E-state index < -0.39 is 142 Å². The Labute approximate surface area is 745 Å². The number of amides is 3. The SMILES string of the molecule is CC(C)CCC[C@@H](C)[C@H]1CC[C@H]2[C@@H]3CC=C4CC(OC(=O)CNC(=O)CCCCC(=O)NCC(=O)NC(COCOCCOCCOCCOCCO[C@@H]5O[C@H](CO)[C@@H](O)[C@H](O)[C@H]5O)(COCOCCOCCOCCOCCO[C@@H]5O[C@H](CO)[C@H](O)[C@H](O)[C@H]5O)COCOCCOCCOCCOCCO[C@@H]5O[C@H](CO)[C@H](O)[C@H](O)[C@H]5O)CC[C@]4(C)[C@H]3CC[C@]12C. The van der Waals surface area contributed by atoms with Gasteiger partial charge in [0.15, 0.2) is 18.9 Å². The molecule has 7 aliphatic rings. The van der Waals surface area contributed by atoms with Crippen LogP contribution in [0.25, 0.3) is 0 Å². The minimum absolute atomic E-state index is 0.0122. The van der Waals surface area contributed by atoms with Crippen molar-refractivity contribution in [3.63, 3.8) is 0 Å². The average Bonchev–Trinajstić information content (AvgIpc) is 1.63. The Morgan fingerprint density at radius 1 is 0.425 bits per heavy atom. The lowest BCUT2D eigenvalue weighted by Crippen LogP contribution is -2.60. The van der Waals surface area contributed by atoms with Crippen LogP contribution in [0.2, 0.25) is 0 Å². The van der Waals surface area contributed by atoms with Gasteiger partial charge >= 0.3 is 5.97 Å². The van der Waals surface area contributed by atoms with E-state index in [9.17, 15) is 80.5 Å². The smallest absolute Gasteiger partial charge is 0.325 e. The number of hydrogen-bond donors (Lipinski definition) is 15. The molecule has 7 rings (SSSR count). The molecule has 0 radical (unpaired) electrons. The van der Waals surface area contributed by atoms with Crippen molar-refractivity contribution in [2.75, 3.05) is 232 Å². The average molecular weight is 1840 g/mol. The second-order valence-corrected chi connectivity index (χ2v) is 34.6. The molecule has 127 heavy (non-hydrogen) atoms. The number of ether oxygens (including phenoxy) is 22. The first-order chi connectivity index (χ1) is 61.3. The van der Waals surface area contributed by atoms with Crippen LogP contribution in [-0.2, 0) is 123 Å². The first-order valence-corrected chi connectivity index (χ1v) is 45.5. The Hall–Kier alpha value is -3.70. The minimum atomic E-state index is -1.56.